The fourth-order valence-electron chi connectivity index (χ4n) is 15.1. The van der Waals surface area contributed by atoms with E-state index in [4.69, 9.17) is 28.4 Å². The van der Waals surface area contributed by atoms with Crippen molar-refractivity contribution in [1.29, 1.82) is 0 Å². The van der Waals surface area contributed by atoms with Crippen molar-refractivity contribution in [1.82, 2.24) is 0 Å². The summed E-state index contributed by atoms with van der Waals surface area (Å²) in [6.45, 7) is 16.5. The van der Waals surface area contributed by atoms with Crippen molar-refractivity contribution < 1.29 is 84.6 Å². The minimum Gasteiger partial charge on any atom is -0.396 e. The SMILES string of the molecule is CC1OC(OC2C(COC3OC(CO)C(O)C(O)C3O)OC(OC3CC[C@]4(C)C(CC[C@@]5(C)C4CC=C4C6CC(C)(C)CC[C@]6(CO)C(O)C[C@]45C)C3(C)C)C(O)C2O)C(O)C(O)C1O. The number of ether oxygens (including phenoxy) is 6. The molecule has 17 nitrogen and oxygen atoms in total. The second kappa shape index (κ2) is 17.7. The van der Waals surface area contributed by atoms with Gasteiger partial charge in [0.25, 0.3) is 0 Å². The number of aliphatic hydroxyl groups excluding tert-OH is 11. The smallest absolute Gasteiger partial charge is 0.187 e. The average molecular weight is 929 g/mol. The standard InChI is InChI=1S/C48H80O17/c1-22-31(52)33(54)37(58)41(61-22)65-39-26(20-60-40-36(57)34(55)32(53)25(19-49)62-40)63-42(38(59)35(39)56)64-30-12-13-45(6)27(44(30,4)5)11-14-46(7)28(45)10-9-23-24-17-43(2,3)15-16-48(24,21-50)29(51)18-47(23,46)8/h9,22,24-42,49-59H,10-21H2,1-8H3/t22?,24?,25?,26?,27?,28?,29?,30?,31?,32?,33?,34?,35?,36?,37?,38?,39?,40?,41?,42?,45-,46+,47-,48-/m1/s1. The van der Waals surface area contributed by atoms with E-state index in [1.807, 2.05) is 0 Å². The monoisotopic (exact) mass is 929 g/mol. The highest BCUT2D eigenvalue weighted by atomic mass is 16.8. The molecular formula is C48H80O17. The molecule has 0 bridgehead atoms. The fourth-order valence-corrected chi connectivity index (χ4v) is 15.1. The summed E-state index contributed by atoms with van der Waals surface area (Å²) in [5, 5.41) is 119. The van der Waals surface area contributed by atoms with Gasteiger partial charge >= 0.3 is 0 Å². The Kier molecular flexibility index (Phi) is 13.8. The first-order chi connectivity index (χ1) is 30.3. The molecule has 0 radical (unpaired) electrons. The molecule has 0 aromatic carbocycles. The molecule has 0 amide bonds. The first kappa shape index (κ1) is 50.4. The van der Waals surface area contributed by atoms with Gasteiger partial charge in [-0.1, -0.05) is 60.1 Å². The minimum absolute atomic E-state index is 0.0134. The molecule has 7 fully saturated rings. The molecule has 0 aromatic rings. The van der Waals surface area contributed by atoms with Crippen LogP contribution in [0.4, 0.5) is 0 Å². The normalized spacial score (nSPS) is 55.2. The first-order valence-corrected chi connectivity index (χ1v) is 24.3. The maximum absolute atomic E-state index is 12.1. The number of hydrogen-bond donors (Lipinski definition) is 11. The van der Waals surface area contributed by atoms with Gasteiger partial charge in [-0.3, -0.25) is 0 Å². The van der Waals surface area contributed by atoms with E-state index in [0.717, 1.165) is 44.9 Å². The Balaban J connectivity index is 1.03. The van der Waals surface area contributed by atoms with Crippen LogP contribution in [-0.4, -0.2) is 180 Å². The van der Waals surface area contributed by atoms with Gasteiger partial charge in [-0.05, 0) is 110 Å². The molecule has 8 aliphatic rings. The largest absolute Gasteiger partial charge is 0.396 e. The molecule has 24 atom stereocenters. The van der Waals surface area contributed by atoms with Crippen LogP contribution in [0.15, 0.2) is 11.6 Å². The summed E-state index contributed by atoms with van der Waals surface area (Å²) in [5.74, 6) is 0.601. The van der Waals surface area contributed by atoms with E-state index < -0.39 is 128 Å². The van der Waals surface area contributed by atoms with Crippen LogP contribution in [0.1, 0.15) is 113 Å². The molecule has 8 rings (SSSR count). The van der Waals surface area contributed by atoms with Crippen molar-refractivity contribution in [2.45, 2.75) is 218 Å². The maximum Gasteiger partial charge on any atom is 0.187 e. The van der Waals surface area contributed by atoms with E-state index in [1.54, 1.807) is 0 Å². The third-order valence-corrected chi connectivity index (χ3v) is 19.4. The van der Waals surface area contributed by atoms with E-state index in [-0.39, 0.29) is 40.1 Å². The Hall–Kier alpha value is -0.940. The van der Waals surface area contributed by atoms with Crippen molar-refractivity contribution in [3.05, 3.63) is 11.6 Å². The zero-order chi connectivity index (χ0) is 47.6. The summed E-state index contributed by atoms with van der Waals surface area (Å²) < 4.78 is 36.3. The molecule has 65 heavy (non-hydrogen) atoms. The number of fused-ring (bicyclic) bond motifs is 7. The molecule has 3 heterocycles. The Labute approximate surface area is 383 Å². The highest BCUT2D eigenvalue weighted by Gasteiger charge is 2.70. The van der Waals surface area contributed by atoms with Crippen LogP contribution in [0.3, 0.4) is 0 Å². The van der Waals surface area contributed by atoms with Gasteiger partial charge in [-0.2, -0.15) is 0 Å². The highest BCUT2D eigenvalue weighted by Crippen LogP contribution is 2.76. The molecule has 3 aliphatic heterocycles. The van der Waals surface area contributed by atoms with Crippen molar-refractivity contribution in [2.75, 3.05) is 19.8 Å². The molecule has 20 unspecified atom stereocenters. The predicted octanol–water partition coefficient (Wildman–Crippen LogP) is 0.612. The van der Waals surface area contributed by atoms with Gasteiger partial charge in [-0.15, -0.1) is 0 Å². The van der Waals surface area contributed by atoms with Gasteiger partial charge in [0.15, 0.2) is 18.9 Å². The lowest BCUT2D eigenvalue weighted by atomic mass is 9.33. The van der Waals surface area contributed by atoms with Gasteiger partial charge < -0.3 is 84.6 Å². The van der Waals surface area contributed by atoms with Gasteiger partial charge in [-0.25, -0.2) is 0 Å². The first-order valence-electron chi connectivity index (χ1n) is 24.3. The van der Waals surface area contributed by atoms with Crippen LogP contribution in [0.2, 0.25) is 0 Å². The summed E-state index contributed by atoms with van der Waals surface area (Å²) in [7, 11) is 0. The van der Waals surface area contributed by atoms with E-state index in [0.29, 0.717) is 18.8 Å². The topological polar surface area (TPSA) is 278 Å². The van der Waals surface area contributed by atoms with Crippen LogP contribution in [0.25, 0.3) is 0 Å². The van der Waals surface area contributed by atoms with Crippen LogP contribution in [0, 0.1) is 50.2 Å². The molecule has 5 aliphatic carbocycles. The van der Waals surface area contributed by atoms with Gasteiger partial charge in [0.05, 0.1) is 38.1 Å². The van der Waals surface area contributed by atoms with Crippen molar-refractivity contribution in [3.8, 4) is 0 Å². The van der Waals surface area contributed by atoms with E-state index >= 15 is 0 Å². The third-order valence-electron chi connectivity index (χ3n) is 19.4. The Morgan fingerprint density at radius 2 is 1.26 bits per heavy atom. The van der Waals surface area contributed by atoms with Crippen molar-refractivity contribution in [3.63, 3.8) is 0 Å². The minimum atomic E-state index is -1.76. The summed E-state index contributed by atoms with van der Waals surface area (Å²) in [6, 6.07) is 0. The third kappa shape index (κ3) is 7.94. The lowest BCUT2D eigenvalue weighted by Gasteiger charge is -2.72. The summed E-state index contributed by atoms with van der Waals surface area (Å²) in [4.78, 5) is 0. The summed E-state index contributed by atoms with van der Waals surface area (Å²) in [5.41, 5.74) is 0.0788. The Morgan fingerprint density at radius 1 is 0.631 bits per heavy atom. The van der Waals surface area contributed by atoms with Crippen molar-refractivity contribution >= 4 is 0 Å². The zero-order valence-electron chi connectivity index (χ0n) is 39.5. The quantitative estimate of drug-likeness (QED) is 0.112. The maximum atomic E-state index is 12.1. The second-order valence-corrected chi connectivity index (χ2v) is 23.6. The van der Waals surface area contributed by atoms with E-state index in [2.05, 4.69) is 54.5 Å². The molecule has 17 heteroatoms. The predicted molar refractivity (Wildman–Crippen MR) is 230 cm³/mol. The fraction of sp³-hybridized carbons (Fsp3) is 0.958. The van der Waals surface area contributed by atoms with Crippen LogP contribution < -0.4 is 0 Å². The second-order valence-electron chi connectivity index (χ2n) is 23.6. The molecule has 3 saturated heterocycles. The van der Waals surface area contributed by atoms with Gasteiger partial charge in [0, 0.05) is 5.41 Å². The molecule has 0 aromatic heterocycles. The Morgan fingerprint density at radius 3 is 1.94 bits per heavy atom. The van der Waals surface area contributed by atoms with Crippen LogP contribution in [0.5, 0.6) is 0 Å². The van der Waals surface area contributed by atoms with Crippen LogP contribution in [-0.2, 0) is 28.4 Å². The highest BCUT2D eigenvalue weighted by molar-refractivity contribution is 5.35. The zero-order valence-corrected chi connectivity index (χ0v) is 39.5. The molecular weight excluding hydrogens is 849 g/mol. The molecule has 4 saturated carbocycles. The van der Waals surface area contributed by atoms with Crippen LogP contribution >= 0.6 is 0 Å². The molecule has 0 spiro atoms. The van der Waals surface area contributed by atoms with Crippen molar-refractivity contribution in [2.24, 2.45) is 50.2 Å². The summed E-state index contributed by atoms with van der Waals surface area (Å²) in [6.07, 6.45) is -14.1. The van der Waals surface area contributed by atoms with E-state index in [1.165, 1.54) is 12.5 Å². The van der Waals surface area contributed by atoms with E-state index in [9.17, 15) is 56.2 Å². The number of allylic oxidation sites excluding steroid dienone is 2. The molecule has 11 N–H and O–H groups in total. The number of hydrogen-bond acceptors (Lipinski definition) is 17. The average Bonchev–Trinajstić information content (AvgIpc) is 3.24. The number of rotatable bonds is 9. The Bertz CT molecular complexity index is 1730. The lowest BCUT2D eigenvalue weighted by molar-refractivity contribution is -0.373. The van der Waals surface area contributed by atoms with Gasteiger partial charge in [0.1, 0.15) is 67.1 Å². The summed E-state index contributed by atoms with van der Waals surface area (Å²) >= 11 is 0. The van der Waals surface area contributed by atoms with Gasteiger partial charge in [0.2, 0.25) is 0 Å². The lowest BCUT2D eigenvalue weighted by Crippen LogP contribution is -2.67. The molecule has 374 valence electrons. The number of aliphatic hydroxyl groups is 11.